The first-order valence-corrected chi connectivity index (χ1v) is 5.97. The van der Waals surface area contributed by atoms with E-state index >= 15 is 0 Å². The average molecular weight is 291 g/mol. The summed E-state index contributed by atoms with van der Waals surface area (Å²) < 4.78 is 0. The van der Waals surface area contributed by atoms with Crippen molar-refractivity contribution in [1.82, 2.24) is 0 Å². The molecule has 2 aromatic rings. The zero-order valence-electron chi connectivity index (χ0n) is 12.7. The van der Waals surface area contributed by atoms with Crippen molar-refractivity contribution in [1.29, 1.82) is 0 Å². The summed E-state index contributed by atoms with van der Waals surface area (Å²) in [7, 11) is 0. The standard InChI is InChI=1S/C12H10S.C2H4O2.Mg.H2O.2H/c1-3-7-11(8-4-1)13-12-9-5-2-6-10-12;1-2(3)4;;;;/h1-10H;1H3,(H,3,4);;1H2;;/q;;+2;;2*-1. The predicted octanol–water partition coefficient (Wildman–Crippen LogP) is 2.95. The van der Waals surface area contributed by atoms with Gasteiger partial charge in [0, 0.05) is 16.7 Å². The molecule has 0 amide bonds. The molecule has 3 nitrogen and oxygen atoms in total. The molecule has 5 heteroatoms. The predicted molar refractivity (Wildman–Crippen MR) is 81.9 cm³/mol. The van der Waals surface area contributed by atoms with Gasteiger partial charge in [0.2, 0.25) is 0 Å². The molecule has 0 unspecified atom stereocenters. The zero-order valence-corrected chi connectivity index (χ0v) is 13.0. The van der Waals surface area contributed by atoms with E-state index in [9.17, 15) is 0 Å². The largest absolute Gasteiger partial charge is 2.00 e. The van der Waals surface area contributed by atoms with Crippen LogP contribution >= 0.6 is 11.8 Å². The first-order chi connectivity index (χ1) is 8.18. The van der Waals surface area contributed by atoms with Crippen LogP contribution in [0.5, 0.6) is 0 Å². The van der Waals surface area contributed by atoms with E-state index in [-0.39, 0.29) is 31.4 Å². The van der Waals surface area contributed by atoms with Gasteiger partial charge in [-0.3, -0.25) is 4.79 Å². The Hall–Kier alpha value is -1.01. The van der Waals surface area contributed by atoms with Crippen LogP contribution < -0.4 is 0 Å². The number of carboxylic acid groups (broad SMARTS) is 1. The molecule has 0 saturated heterocycles. The first kappa shape index (κ1) is 20.3. The third kappa shape index (κ3) is 10.6. The van der Waals surface area contributed by atoms with Gasteiger partial charge in [-0.05, 0) is 24.3 Å². The minimum Gasteiger partial charge on any atom is -1.00 e. The van der Waals surface area contributed by atoms with Gasteiger partial charge in [0.15, 0.2) is 0 Å². The average Bonchev–Trinajstić information content (AvgIpc) is 2.31. The summed E-state index contributed by atoms with van der Waals surface area (Å²) in [6, 6.07) is 20.8. The molecule has 0 aliphatic carbocycles. The van der Waals surface area contributed by atoms with E-state index in [0.717, 1.165) is 6.92 Å². The van der Waals surface area contributed by atoms with Gasteiger partial charge < -0.3 is 13.4 Å². The molecule has 100 valence electrons. The summed E-state index contributed by atoms with van der Waals surface area (Å²) in [5.74, 6) is -0.833. The SMILES string of the molecule is CC(=O)O.O.[H-].[H-].[Mg+2].c1ccc(Sc2ccccc2)cc1. The Morgan fingerprint density at radius 3 is 1.47 bits per heavy atom. The van der Waals surface area contributed by atoms with E-state index in [4.69, 9.17) is 9.90 Å². The topological polar surface area (TPSA) is 68.8 Å². The third-order valence-corrected chi connectivity index (χ3v) is 2.74. The van der Waals surface area contributed by atoms with Gasteiger partial charge in [-0.15, -0.1) is 0 Å². The minimum absolute atomic E-state index is 0. The summed E-state index contributed by atoms with van der Waals surface area (Å²) in [6.07, 6.45) is 0. The molecule has 0 bridgehead atoms. The van der Waals surface area contributed by atoms with Crippen molar-refractivity contribution >= 4 is 40.8 Å². The molecule has 0 heterocycles. The molecule has 0 spiro atoms. The van der Waals surface area contributed by atoms with Gasteiger partial charge in [-0.1, -0.05) is 48.2 Å². The summed E-state index contributed by atoms with van der Waals surface area (Å²) in [6.45, 7) is 1.08. The Kier molecular flexibility index (Phi) is 12.9. The van der Waals surface area contributed by atoms with Gasteiger partial charge in [-0.25, -0.2) is 0 Å². The molecule has 3 N–H and O–H groups in total. The van der Waals surface area contributed by atoms with Crippen molar-refractivity contribution in [2.45, 2.75) is 16.7 Å². The molecule has 0 saturated carbocycles. The van der Waals surface area contributed by atoms with Crippen molar-refractivity contribution in [2.75, 3.05) is 0 Å². The molecule has 19 heavy (non-hydrogen) atoms. The van der Waals surface area contributed by atoms with Crippen molar-refractivity contribution in [2.24, 2.45) is 0 Å². The van der Waals surface area contributed by atoms with E-state index in [0.29, 0.717) is 0 Å². The number of carbonyl (C=O) groups is 1. The number of aliphatic carboxylic acids is 1. The maximum Gasteiger partial charge on any atom is 2.00 e. The van der Waals surface area contributed by atoms with Gasteiger partial charge in [0.05, 0.1) is 0 Å². The van der Waals surface area contributed by atoms with Crippen molar-refractivity contribution in [3.05, 3.63) is 60.7 Å². The van der Waals surface area contributed by atoms with Crippen molar-refractivity contribution in [3.8, 4) is 0 Å². The van der Waals surface area contributed by atoms with Crippen LogP contribution in [0.15, 0.2) is 70.5 Å². The number of rotatable bonds is 2. The Balaban J connectivity index is -0.000000164. The smallest absolute Gasteiger partial charge is 1.00 e. The minimum atomic E-state index is -0.833. The van der Waals surface area contributed by atoms with Gasteiger partial charge in [0.1, 0.15) is 0 Å². The normalized spacial score (nSPS) is 8.05. The van der Waals surface area contributed by atoms with Crippen LogP contribution in [0.25, 0.3) is 0 Å². The molecule has 0 atom stereocenters. The van der Waals surface area contributed by atoms with Crippen LogP contribution in [0.3, 0.4) is 0 Å². The number of benzene rings is 2. The molecular formula is C14H18MgO3S. The maximum atomic E-state index is 9.00. The molecule has 0 aromatic heterocycles. The Morgan fingerprint density at radius 2 is 1.21 bits per heavy atom. The van der Waals surface area contributed by atoms with E-state index in [2.05, 4.69) is 48.5 Å². The van der Waals surface area contributed by atoms with Crippen LogP contribution in [0.2, 0.25) is 0 Å². The number of hydrogen-bond acceptors (Lipinski definition) is 2. The van der Waals surface area contributed by atoms with E-state index in [1.807, 2.05) is 12.1 Å². The fourth-order valence-corrected chi connectivity index (χ4v) is 1.97. The van der Waals surface area contributed by atoms with Crippen LogP contribution in [-0.2, 0) is 4.79 Å². The van der Waals surface area contributed by atoms with E-state index in [1.54, 1.807) is 11.8 Å². The third-order valence-electron chi connectivity index (χ3n) is 1.72. The molecule has 0 radical (unpaired) electrons. The second kappa shape index (κ2) is 12.0. The number of hydrogen-bond donors (Lipinski definition) is 1. The van der Waals surface area contributed by atoms with Crippen LogP contribution in [0.1, 0.15) is 9.78 Å². The van der Waals surface area contributed by atoms with Crippen LogP contribution in [-0.4, -0.2) is 39.6 Å². The van der Waals surface area contributed by atoms with Gasteiger partial charge in [-0.2, -0.15) is 0 Å². The molecule has 0 aliphatic heterocycles. The second-order valence-electron chi connectivity index (χ2n) is 3.25. The monoisotopic (exact) mass is 290 g/mol. The second-order valence-corrected chi connectivity index (χ2v) is 4.39. The maximum absolute atomic E-state index is 9.00. The summed E-state index contributed by atoms with van der Waals surface area (Å²) in [4.78, 5) is 11.6. The van der Waals surface area contributed by atoms with Crippen LogP contribution in [0, 0.1) is 0 Å². The van der Waals surface area contributed by atoms with Gasteiger partial charge >= 0.3 is 23.1 Å². The van der Waals surface area contributed by atoms with Crippen LogP contribution in [0.4, 0.5) is 0 Å². The molecule has 0 fully saturated rings. The fraction of sp³-hybridized carbons (Fsp3) is 0.0714. The van der Waals surface area contributed by atoms with Crippen molar-refractivity contribution < 1.29 is 18.2 Å². The first-order valence-electron chi connectivity index (χ1n) is 5.16. The van der Waals surface area contributed by atoms with Gasteiger partial charge in [0.25, 0.3) is 5.97 Å². The molecule has 2 rings (SSSR count). The summed E-state index contributed by atoms with van der Waals surface area (Å²) >= 11 is 1.79. The van der Waals surface area contributed by atoms with Crippen molar-refractivity contribution in [3.63, 3.8) is 0 Å². The van der Waals surface area contributed by atoms with E-state index < -0.39 is 5.97 Å². The quantitative estimate of drug-likeness (QED) is 0.865. The molecule has 0 aliphatic rings. The Bertz CT molecular complexity index is 417. The Labute approximate surface area is 136 Å². The summed E-state index contributed by atoms with van der Waals surface area (Å²) in [5.41, 5.74) is 0. The number of carboxylic acids is 1. The zero-order chi connectivity index (χ0) is 12.5. The Morgan fingerprint density at radius 1 is 0.947 bits per heavy atom. The fourth-order valence-electron chi connectivity index (χ4n) is 1.11. The van der Waals surface area contributed by atoms with E-state index in [1.165, 1.54) is 9.79 Å². The summed E-state index contributed by atoms with van der Waals surface area (Å²) in [5, 5.41) is 7.42. The molecular weight excluding hydrogens is 273 g/mol. The molecule has 2 aromatic carbocycles.